The number of rotatable bonds is 13. The van der Waals surface area contributed by atoms with Crippen LogP contribution in [0.15, 0.2) is 97.1 Å². The minimum atomic E-state index is -2.59. The molecular weight excluding hydrogens is 761 g/mol. The van der Waals surface area contributed by atoms with Crippen molar-refractivity contribution in [2.24, 2.45) is 5.92 Å². The SMILES string of the molecule is COc1ccc([Si](C)(C)[C@H]2[C@H](CC(=O)N(CCO)Cc3ccccc3)O[C@@]3(C(=O)N(Cc4ccc(N5CCCC5=O)cc4)c4ccc(N5CCCC5=O)cc43)[C@@H]2C)cc1. The van der Waals surface area contributed by atoms with Crippen molar-refractivity contribution in [1.82, 2.24) is 4.90 Å². The van der Waals surface area contributed by atoms with Crippen molar-refractivity contribution in [3.8, 4) is 5.75 Å². The van der Waals surface area contributed by atoms with E-state index >= 15 is 4.79 Å². The van der Waals surface area contributed by atoms with Gasteiger partial charge in [0.05, 0.1) is 46.5 Å². The van der Waals surface area contributed by atoms with Crippen LogP contribution in [0.25, 0.3) is 0 Å². The van der Waals surface area contributed by atoms with Gasteiger partial charge in [0, 0.05) is 61.9 Å². The number of carbonyl (C=O) groups excluding carboxylic acids is 4. The van der Waals surface area contributed by atoms with E-state index in [1.165, 1.54) is 0 Å². The molecule has 4 heterocycles. The molecule has 0 aliphatic carbocycles. The molecule has 0 aromatic heterocycles. The van der Waals surface area contributed by atoms with Gasteiger partial charge in [-0.05, 0) is 72.0 Å². The molecule has 0 saturated carbocycles. The smallest absolute Gasteiger partial charge is 0.264 e. The standard InChI is InChI=1S/C47H54N4O7Si/c1-32-45(59(3,4)38-21-19-37(57-2)20-22-38)41(29-44(55)48(26-27-52)30-33-10-6-5-7-11-33)58-47(32)39-28-36(50-25-9-13-43(50)54)18-23-40(39)51(46(47)56)31-34-14-16-35(17-15-34)49-24-8-12-42(49)53/h5-7,10-11,14-23,28,32,41,45,52H,8-9,12-13,24-27,29-31H2,1-4H3/t32-,41+,45-,47+/m1/s1. The molecule has 4 atom stereocenters. The van der Waals surface area contributed by atoms with E-state index in [4.69, 9.17) is 9.47 Å². The third-order valence-corrected chi connectivity index (χ3v) is 17.5. The number of ether oxygens (including phenoxy) is 2. The molecule has 4 aliphatic rings. The molecule has 1 spiro atoms. The third kappa shape index (κ3) is 7.36. The summed E-state index contributed by atoms with van der Waals surface area (Å²) in [6, 6.07) is 31.5. The maximum Gasteiger partial charge on any atom is 0.264 e. The molecule has 12 heteroatoms. The van der Waals surface area contributed by atoms with Crippen LogP contribution in [0, 0.1) is 5.92 Å². The molecule has 4 aromatic rings. The highest BCUT2D eigenvalue weighted by molar-refractivity contribution is 6.91. The Morgan fingerprint density at radius 1 is 0.864 bits per heavy atom. The van der Waals surface area contributed by atoms with Crippen LogP contribution < -0.4 is 24.6 Å². The van der Waals surface area contributed by atoms with E-state index in [9.17, 15) is 19.5 Å². The van der Waals surface area contributed by atoms with Crippen molar-refractivity contribution < 1.29 is 33.8 Å². The second kappa shape index (κ2) is 16.4. The number of hydrogen-bond acceptors (Lipinski definition) is 7. The van der Waals surface area contributed by atoms with Gasteiger partial charge in [0.2, 0.25) is 17.7 Å². The number of nitrogens with zero attached hydrogens (tertiary/aromatic N) is 4. The first-order chi connectivity index (χ1) is 28.5. The molecule has 308 valence electrons. The zero-order valence-electron chi connectivity index (χ0n) is 34.4. The molecule has 1 N–H and O–H groups in total. The van der Waals surface area contributed by atoms with Gasteiger partial charge < -0.3 is 34.2 Å². The molecule has 3 fully saturated rings. The fourth-order valence-electron chi connectivity index (χ4n) is 10.2. The quantitative estimate of drug-likeness (QED) is 0.162. The summed E-state index contributed by atoms with van der Waals surface area (Å²) in [7, 11) is -0.942. The highest BCUT2D eigenvalue weighted by atomic mass is 28.3. The summed E-state index contributed by atoms with van der Waals surface area (Å²) in [6.07, 6.45) is 2.01. The summed E-state index contributed by atoms with van der Waals surface area (Å²) in [4.78, 5) is 62.7. The molecule has 0 unspecified atom stereocenters. The zero-order chi connectivity index (χ0) is 41.5. The third-order valence-electron chi connectivity index (χ3n) is 13.2. The van der Waals surface area contributed by atoms with Gasteiger partial charge in [-0.1, -0.05) is 79.8 Å². The van der Waals surface area contributed by atoms with E-state index in [-0.39, 0.29) is 61.2 Å². The lowest BCUT2D eigenvalue weighted by Gasteiger charge is -2.37. The van der Waals surface area contributed by atoms with Crippen molar-refractivity contribution in [2.45, 2.75) is 82.5 Å². The minimum absolute atomic E-state index is 0.0276. The zero-order valence-corrected chi connectivity index (χ0v) is 35.4. The van der Waals surface area contributed by atoms with Crippen LogP contribution in [-0.4, -0.2) is 81.2 Å². The Balaban J connectivity index is 1.21. The fourth-order valence-corrected chi connectivity index (χ4v) is 14.2. The molecule has 4 amide bonds. The second-order valence-corrected chi connectivity index (χ2v) is 21.6. The van der Waals surface area contributed by atoms with E-state index in [1.807, 2.05) is 89.8 Å². The first-order valence-electron chi connectivity index (χ1n) is 20.9. The van der Waals surface area contributed by atoms with Gasteiger partial charge in [-0.25, -0.2) is 0 Å². The van der Waals surface area contributed by atoms with E-state index in [0.717, 1.165) is 52.0 Å². The van der Waals surface area contributed by atoms with E-state index < -0.39 is 19.8 Å². The topological polar surface area (TPSA) is 120 Å². The number of methoxy groups -OCH3 is 1. The summed E-state index contributed by atoms with van der Waals surface area (Å²) in [5.41, 5.74) is 3.22. The molecule has 59 heavy (non-hydrogen) atoms. The lowest BCUT2D eigenvalue weighted by atomic mass is 9.82. The predicted octanol–water partition coefficient (Wildman–Crippen LogP) is 6.12. The van der Waals surface area contributed by atoms with Gasteiger partial charge >= 0.3 is 0 Å². The fraction of sp³-hybridized carbons (Fsp3) is 0.404. The normalized spacial score (nSPS) is 22.8. The van der Waals surface area contributed by atoms with Crippen LogP contribution in [0.3, 0.4) is 0 Å². The number of benzene rings is 4. The molecule has 0 bridgehead atoms. The van der Waals surface area contributed by atoms with Crippen molar-refractivity contribution in [3.05, 3.63) is 114 Å². The van der Waals surface area contributed by atoms with Gasteiger partial charge in [0.15, 0.2) is 5.60 Å². The summed E-state index contributed by atoms with van der Waals surface area (Å²) >= 11 is 0. The van der Waals surface area contributed by atoms with Crippen LogP contribution in [-0.2, 0) is 42.6 Å². The van der Waals surface area contributed by atoms with E-state index in [1.54, 1.807) is 21.8 Å². The number of hydrogen-bond donors (Lipinski definition) is 1. The van der Waals surface area contributed by atoms with Crippen molar-refractivity contribution in [1.29, 1.82) is 0 Å². The van der Waals surface area contributed by atoms with Crippen molar-refractivity contribution in [2.75, 3.05) is 48.1 Å². The highest BCUT2D eigenvalue weighted by Crippen LogP contribution is 2.60. The highest BCUT2D eigenvalue weighted by Gasteiger charge is 2.66. The number of anilines is 3. The molecule has 3 saturated heterocycles. The van der Waals surface area contributed by atoms with Gasteiger partial charge in [-0.15, -0.1) is 0 Å². The largest absolute Gasteiger partial charge is 0.497 e. The van der Waals surface area contributed by atoms with Crippen molar-refractivity contribution >= 4 is 54.0 Å². The number of amides is 4. The van der Waals surface area contributed by atoms with E-state index in [0.29, 0.717) is 38.0 Å². The lowest BCUT2D eigenvalue weighted by molar-refractivity contribution is -0.150. The number of aliphatic hydroxyl groups excluding tert-OH is 1. The van der Waals surface area contributed by atoms with Crippen molar-refractivity contribution in [3.63, 3.8) is 0 Å². The maximum atomic E-state index is 15.6. The first kappa shape index (κ1) is 40.5. The summed E-state index contributed by atoms with van der Waals surface area (Å²) in [6.45, 7) is 8.56. The molecule has 0 radical (unpaired) electrons. The average molecular weight is 815 g/mol. The predicted molar refractivity (Wildman–Crippen MR) is 230 cm³/mol. The van der Waals surface area contributed by atoms with Crippen LogP contribution in [0.2, 0.25) is 18.6 Å². The Labute approximate surface area is 347 Å². The molecule has 4 aromatic carbocycles. The van der Waals surface area contributed by atoms with Gasteiger partial charge in [0.25, 0.3) is 5.91 Å². The van der Waals surface area contributed by atoms with Gasteiger partial charge in [-0.2, -0.15) is 0 Å². The Hall–Kier alpha value is -5.30. The monoisotopic (exact) mass is 814 g/mol. The average Bonchev–Trinajstić information content (AvgIpc) is 4.00. The van der Waals surface area contributed by atoms with Crippen LogP contribution in [0.5, 0.6) is 5.75 Å². The van der Waals surface area contributed by atoms with Crippen LogP contribution in [0.1, 0.15) is 55.7 Å². The number of aliphatic hydroxyl groups is 1. The first-order valence-corrected chi connectivity index (χ1v) is 23.9. The molecular formula is C47H54N4O7Si. The summed E-state index contributed by atoms with van der Waals surface area (Å²) in [5, 5.41) is 11.2. The number of fused-ring (bicyclic) bond motifs is 2. The maximum absolute atomic E-state index is 15.6. The summed E-state index contributed by atoms with van der Waals surface area (Å²) < 4.78 is 12.9. The van der Waals surface area contributed by atoms with Crippen LogP contribution >= 0.6 is 0 Å². The molecule has 8 rings (SSSR count). The Kier molecular flexibility index (Phi) is 11.2. The van der Waals surface area contributed by atoms with E-state index in [2.05, 4.69) is 32.2 Å². The summed E-state index contributed by atoms with van der Waals surface area (Å²) in [5.74, 6) is 0.198. The van der Waals surface area contributed by atoms with Gasteiger partial charge in [0.1, 0.15) is 5.75 Å². The Bertz CT molecular complexity index is 2220. The minimum Gasteiger partial charge on any atom is -0.497 e. The second-order valence-electron chi connectivity index (χ2n) is 16.9. The molecule has 4 aliphatic heterocycles. The Morgan fingerprint density at radius 2 is 1.51 bits per heavy atom. The van der Waals surface area contributed by atoms with Crippen LogP contribution in [0.4, 0.5) is 17.1 Å². The Morgan fingerprint density at radius 3 is 2.12 bits per heavy atom. The lowest BCUT2D eigenvalue weighted by Crippen LogP contribution is -2.52. The molecule has 11 nitrogen and oxygen atoms in total. The number of carbonyl (C=O) groups is 4. The van der Waals surface area contributed by atoms with Gasteiger partial charge in [-0.3, -0.25) is 19.2 Å².